The number of methoxy groups -OCH3 is 1. The number of benzene rings is 1. The molecular formula is C26H35N3O5. The Hall–Kier alpha value is -3.26. The number of Topliss-reactive ketones (excluding diaryl/α,β-unsaturated/α-hetero) is 1. The van der Waals surface area contributed by atoms with Gasteiger partial charge in [0.2, 0.25) is 0 Å². The van der Waals surface area contributed by atoms with E-state index in [1.165, 1.54) is 0 Å². The summed E-state index contributed by atoms with van der Waals surface area (Å²) < 4.78 is 11.2. The zero-order valence-corrected chi connectivity index (χ0v) is 21.1. The third-order valence-electron chi connectivity index (χ3n) is 6.27. The van der Waals surface area contributed by atoms with Gasteiger partial charge in [0.1, 0.15) is 5.76 Å². The Bertz CT molecular complexity index is 1120. The number of carbonyl (C=O) groups excluding carboxylic acids is 2. The zero-order valence-electron chi connectivity index (χ0n) is 21.1. The molecule has 2 N–H and O–H groups in total. The van der Waals surface area contributed by atoms with Gasteiger partial charge in [0.25, 0.3) is 11.7 Å². The number of aliphatic hydroxyl groups is 1. The summed E-state index contributed by atoms with van der Waals surface area (Å²) in [6.45, 7) is 9.14. The highest BCUT2D eigenvalue weighted by Crippen LogP contribution is 2.43. The van der Waals surface area contributed by atoms with Crippen LogP contribution in [0.2, 0.25) is 0 Å². The smallest absolute Gasteiger partial charge is 0.295 e. The molecule has 0 spiro atoms. The molecule has 34 heavy (non-hydrogen) atoms. The van der Waals surface area contributed by atoms with Crippen molar-refractivity contribution in [2.45, 2.75) is 40.2 Å². The molecule has 8 heteroatoms. The van der Waals surface area contributed by atoms with E-state index in [2.05, 4.69) is 4.98 Å². The van der Waals surface area contributed by atoms with Gasteiger partial charge < -0.3 is 29.4 Å². The lowest BCUT2D eigenvalue weighted by molar-refractivity contribution is -0.139. The van der Waals surface area contributed by atoms with Crippen LogP contribution in [-0.4, -0.2) is 72.5 Å². The largest absolute Gasteiger partial charge is 0.507 e. The predicted molar refractivity (Wildman–Crippen MR) is 131 cm³/mol. The number of aromatic nitrogens is 1. The SMILES string of the molecule is CCOc1ccc(C2/C(=C(\O)c3c(C)[nH]c(C)c3C)C(=O)C(=O)N2CCCN(C)C)cc1OC. The molecule has 0 aliphatic carbocycles. The monoisotopic (exact) mass is 469 g/mol. The van der Waals surface area contributed by atoms with E-state index >= 15 is 0 Å². The molecule has 1 amide bonds. The first-order valence-electron chi connectivity index (χ1n) is 11.5. The Morgan fingerprint density at radius 1 is 1.15 bits per heavy atom. The van der Waals surface area contributed by atoms with Crippen LogP contribution in [0.5, 0.6) is 11.5 Å². The molecule has 0 radical (unpaired) electrons. The number of aliphatic hydroxyl groups excluding tert-OH is 1. The lowest BCUT2D eigenvalue weighted by Gasteiger charge is -2.26. The molecule has 2 aromatic rings. The van der Waals surface area contributed by atoms with Gasteiger partial charge in [-0.3, -0.25) is 9.59 Å². The van der Waals surface area contributed by atoms with Gasteiger partial charge in [-0.15, -0.1) is 0 Å². The van der Waals surface area contributed by atoms with Gasteiger partial charge in [-0.25, -0.2) is 0 Å². The number of hydrogen-bond donors (Lipinski definition) is 2. The molecule has 184 valence electrons. The number of ether oxygens (including phenoxy) is 2. The van der Waals surface area contributed by atoms with Gasteiger partial charge in [-0.05, 0) is 78.0 Å². The second kappa shape index (κ2) is 10.3. The fourth-order valence-electron chi connectivity index (χ4n) is 4.54. The van der Waals surface area contributed by atoms with E-state index in [4.69, 9.17) is 9.47 Å². The highest BCUT2D eigenvalue weighted by molar-refractivity contribution is 6.46. The molecule has 1 aliphatic rings. The number of aryl methyl sites for hydroxylation is 2. The lowest BCUT2D eigenvalue weighted by Crippen LogP contribution is -2.32. The molecule has 1 aromatic heterocycles. The van der Waals surface area contributed by atoms with Crippen LogP contribution in [0, 0.1) is 20.8 Å². The van der Waals surface area contributed by atoms with Crippen molar-refractivity contribution in [3.63, 3.8) is 0 Å². The Morgan fingerprint density at radius 3 is 2.41 bits per heavy atom. The molecule has 0 saturated carbocycles. The Balaban J connectivity index is 2.19. The van der Waals surface area contributed by atoms with Crippen molar-refractivity contribution in [3.8, 4) is 11.5 Å². The standard InChI is InChI=1S/C26H35N3O5/c1-8-34-19-11-10-18(14-20(19)33-7)23-22(24(30)21-15(2)16(3)27-17(21)4)25(31)26(32)29(23)13-9-12-28(5)6/h10-11,14,23,27,30H,8-9,12-13H2,1-7H3/b24-22+. The average molecular weight is 470 g/mol. The number of nitrogens with one attached hydrogen (secondary N) is 1. The molecule has 1 unspecified atom stereocenters. The number of H-pyrrole nitrogens is 1. The van der Waals surface area contributed by atoms with Crippen LogP contribution in [-0.2, 0) is 9.59 Å². The first kappa shape index (κ1) is 25.4. The molecule has 1 atom stereocenters. The molecular weight excluding hydrogens is 434 g/mol. The summed E-state index contributed by atoms with van der Waals surface area (Å²) in [5.41, 5.74) is 3.82. The molecule has 8 nitrogen and oxygen atoms in total. The minimum absolute atomic E-state index is 0.0891. The number of nitrogens with zero attached hydrogens (tertiary/aromatic N) is 2. The summed E-state index contributed by atoms with van der Waals surface area (Å²) in [6, 6.07) is 4.63. The molecule has 1 fully saturated rings. The highest BCUT2D eigenvalue weighted by Gasteiger charge is 2.46. The summed E-state index contributed by atoms with van der Waals surface area (Å²) in [5, 5.41) is 11.4. The summed E-state index contributed by atoms with van der Waals surface area (Å²) in [6.07, 6.45) is 0.687. The van der Waals surface area contributed by atoms with Crippen LogP contribution in [0.25, 0.3) is 5.76 Å². The molecule has 0 bridgehead atoms. The maximum atomic E-state index is 13.3. The van der Waals surface area contributed by atoms with Crippen molar-refractivity contribution in [1.29, 1.82) is 0 Å². The van der Waals surface area contributed by atoms with Gasteiger partial charge in [-0.1, -0.05) is 6.07 Å². The zero-order chi connectivity index (χ0) is 25.2. The normalized spacial score (nSPS) is 17.6. The predicted octanol–water partition coefficient (Wildman–Crippen LogP) is 3.72. The lowest BCUT2D eigenvalue weighted by atomic mass is 9.93. The summed E-state index contributed by atoms with van der Waals surface area (Å²) in [4.78, 5) is 33.2. The number of ketones is 1. The second-order valence-electron chi connectivity index (χ2n) is 8.87. The summed E-state index contributed by atoms with van der Waals surface area (Å²) in [7, 11) is 5.47. The van der Waals surface area contributed by atoms with E-state index < -0.39 is 17.7 Å². The molecule has 2 heterocycles. The van der Waals surface area contributed by atoms with Crippen LogP contribution in [0.1, 0.15) is 47.5 Å². The Kier molecular flexibility index (Phi) is 7.71. The quantitative estimate of drug-likeness (QED) is 0.330. The van der Waals surface area contributed by atoms with Crippen LogP contribution < -0.4 is 9.47 Å². The fourth-order valence-corrected chi connectivity index (χ4v) is 4.54. The van der Waals surface area contributed by atoms with Gasteiger partial charge in [-0.2, -0.15) is 0 Å². The first-order chi connectivity index (χ1) is 16.1. The minimum atomic E-state index is -0.735. The highest BCUT2D eigenvalue weighted by atomic mass is 16.5. The number of hydrogen-bond acceptors (Lipinski definition) is 6. The third-order valence-corrected chi connectivity index (χ3v) is 6.27. The van der Waals surface area contributed by atoms with Gasteiger partial charge in [0, 0.05) is 23.5 Å². The third kappa shape index (κ3) is 4.68. The summed E-state index contributed by atoms with van der Waals surface area (Å²) >= 11 is 0. The van der Waals surface area contributed by atoms with Crippen LogP contribution in [0.4, 0.5) is 0 Å². The number of aromatic amines is 1. The van der Waals surface area contributed by atoms with Gasteiger partial charge >= 0.3 is 0 Å². The topological polar surface area (TPSA) is 95.1 Å². The Morgan fingerprint density at radius 2 is 1.85 bits per heavy atom. The molecule has 1 aliphatic heterocycles. The average Bonchev–Trinajstić information content (AvgIpc) is 3.19. The van der Waals surface area contributed by atoms with Crippen molar-refractivity contribution in [3.05, 3.63) is 51.9 Å². The minimum Gasteiger partial charge on any atom is -0.507 e. The van der Waals surface area contributed by atoms with E-state index in [0.29, 0.717) is 42.2 Å². The van der Waals surface area contributed by atoms with E-state index in [9.17, 15) is 14.7 Å². The molecule has 3 rings (SSSR count). The molecule has 1 aromatic carbocycles. The maximum Gasteiger partial charge on any atom is 0.295 e. The van der Waals surface area contributed by atoms with Gasteiger partial charge in [0.15, 0.2) is 11.5 Å². The number of rotatable bonds is 9. The van der Waals surface area contributed by atoms with Gasteiger partial charge in [0.05, 0.1) is 25.3 Å². The first-order valence-corrected chi connectivity index (χ1v) is 11.5. The van der Waals surface area contributed by atoms with E-state index in [-0.39, 0.29) is 11.3 Å². The fraction of sp³-hybridized carbons (Fsp3) is 0.462. The Labute approximate surface area is 201 Å². The van der Waals surface area contributed by atoms with Crippen LogP contribution in [0.15, 0.2) is 23.8 Å². The van der Waals surface area contributed by atoms with Crippen molar-refractivity contribution < 1.29 is 24.2 Å². The number of amides is 1. The van der Waals surface area contributed by atoms with Crippen molar-refractivity contribution in [2.75, 3.05) is 40.9 Å². The number of carbonyl (C=O) groups is 2. The van der Waals surface area contributed by atoms with E-state index in [0.717, 1.165) is 23.5 Å². The maximum absolute atomic E-state index is 13.3. The van der Waals surface area contributed by atoms with E-state index in [1.807, 2.05) is 52.8 Å². The van der Waals surface area contributed by atoms with Crippen LogP contribution in [0.3, 0.4) is 0 Å². The van der Waals surface area contributed by atoms with E-state index in [1.54, 1.807) is 24.1 Å². The number of likely N-dealkylation sites (tertiary alicyclic amines) is 1. The van der Waals surface area contributed by atoms with Crippen molar-refractivity contribution >= 4 is 17.4 Å². The van der Waals surface area contributed by atoms with Crippen LogP contribution >= 0.6 is 0 Å². The molecule has 1 saturated heterocycles. The second-order valence-corrected chi connectivity index (χ2v) is 8.87. The van der Waals surface area contributed by atoms with Crippen molar-refractivity contribution in [1.82, 2.24) is 14.8 Å². The van der Waals surface area contributed by atoms with Crippen molar-refractivity contribution in [2.24, 2.45) is 0 Å². The summed E-state index contributed by atoms with van der Waals surface area (Å²) in [5.74, 6) is -0.376.